The van der Waals surface area contributed by atoms with Crippen molar-refractivity contribution in [2.45, 2.75) is 6.92 Å². The minimum Gasteiger partial charge on any atom is -0.497 e. The topological polar surface area (TPSA) is 51.3 Å². The van der Waals surface area contributed by atoms with Gasteiger partial charge in [0.1, 0.15) is 11.4 Å². The number of esters is 1. The van der Waals surface area contributed by atoms with E-state index in [1.54, 1.807) is 14.0 Å². The van der Waals surface area contributed by atoms with Gasteiger partial charge in [-0.15, -0.1) is 0 Å². The summed E-state index contributed by atoms with van der Waals surface area (Å²) in [6.07, 6.45) is 0. The average Bonchev–Trinajstić information content (AvgIpc) is 2.95. The molecule has 0 spiro atoms. The molecule has 0 saturated carbocycles. The molecule has 3 rings (SSSR count). The van der Waals surface area contributed by atoms with Crippen LogP contribution in [0.25, 0.3) is 22.0 Å². The molecule has 0 aliphatic heterocycles. The number of hydrogen-bond donors (Lipinski definition) is 1. The standard InChI is InChI=1S/C18H17NO3/c1-3-22-18(20)17-16(12-8-10-13(21-2)11-9-12)14-6-4-5-7-15(14)19-17/h4-11,19H,3H2,1-2H3. The Morgan fingerprint density at radius 3 is 2.50 bits per heavy atom. The molecule has 1 heterocycles. The predicted octanol–water partition coefficient (Wildman–Crippen LogP) is 4.02. The number of methoxy groups -OCH3 is 1. The first-order chi connectivity index (χ1) is 10.7. The van der Waals surface area contributed by atoms with Gasteiger partial charge in [-0.3, -0.25) is 0 Å². The van der Waals surface area contributed by atoms with E-state index in [1.165, 1.54) is 0 Å². The molecule has 0 radical (unpaired) electrons. The van der Waals surface area contributed by atoms with Crippen molar-refractivity contribution in [3.05, 3.63) is 54.2 Å². The third-order valence-electron chi connectivity index (χ3n) is 3.56. The number of carbonyl (C=O) groups excluding carboxylic acids is 1. The summed E-state index contributed by atoms with van der Waals surface area (Å²) in [7, 11) is 1.63. The molecule has 4 nitrogen and oxygen atoms in total. The molecule has 112 valence electrons. The van der Waals surface area contributed by atoms with Gasteiger partial charge < -0.3 is 14.5 Å². The Hall–Kier alpha value is -2.75. The zero-order valence-corrected chi connectivity index (χ0v) is 12.6. The Morgan fingerprint density at radius 2 is 1.82 bits per heavy atom. The zero-order chi connectivity index (χ0) is 15.5. The van der Waals surface area contributed by atoms with Crippen LogP contribution in [0.2, 0.25) is 0 Å². The number of carbonyl (C=O) groups is 1. The number of nitrogens with one attached hydrogen (secondary N) is 1. The smallest absolute Gasteiger partial charge is 0.355 e. The number of aromatic nitrogens is 1. The van der Waals surface area contributed by atoms with Crippen LogP contribution in [0.4, 0.5) is 0 Å². The van der Waals surface area contributed by atoms with Crippen LogP contribution >= 0.6 is 0 Å². The Morgan fingerprint density at radius 1 is 1.09 bits per heavy atom. The molecule has 0 bridgehead atoms. The first kappa shape index (κ1) is 14.2. The Labute approximate surface area is 128 Å². The number of para-hydroxylation sites is 1. The quantitative estimate of drug-likeness (QED) is 0.740. The number of fused-ring (bicyclic) bond motifs is 1. The van der Waals surface area contributed by atoms with E-state index in [9.17, 15) is 4.79 Å². The van der Waals surface area contributed by atoms with Crippen molar-refractivity contribution in [2.75, 3.05) is 13.7 Å². The molecule has 0 saturated heterocycles. The maximum absolute atomic E-state index is 12.3. The lowest BCUT2D eigenvalue weighted by molar-refractivity contribution is 0.0521. The van der Waals surface area contributed by atoms with E-state index in [4.69, 9.17) is 9.47 Å². The number of rotatable bonds is 4. The number of hydrogen-bond acceptors (Lipinski definition) is 3. The lowest BCUT2D eigenvalue weighted by Crippen LogP contribution is -2.06. The normalized spacial score (nSPS) is 10.6. The predicted molar refractivity (Wildman–Crippen MR) is 86.2 cm³/mol. The summed E-state index contributed by atoms with van der Waals surface area (Å²) in [4.78, 5) is 15.4. The van der Waals surface area contributed by atoms with Gasteiger partial charge in [0.25, 0.3) is 0 Å². The fourth-order valence-electron chi connectivity index (χ4n) is 2.56. The SMILES string of the molecule is CCOC(=O)c1[nH]c2ccccc2c1-c1ccc(OC)cc1. The molecule has 0 aliphatic carbocycles. The zero-order valence-electron chi connectivity index (χ0n) is 12.6. The van der Waals surface area contributed by atoms with Crippen LogP contribution < -0.4 is 4.74 Å². The first-order valence-corrected chi connectivity index (χ1v) is 7.17. The van der Waals surface area contributed by atoms with Gasteiger partial charge in [0.2, 0.25) is 0 Å². The molecule has 2 aromatic carbocycles. The van der Waals surface area contributed by atoms with Crippen LogP contribution in [0.5, 0.6) is 5.75 Å². The van der Waals surface area contributed by atoms with Gasteiger partial charge in [0, 0.05) is 16.5 Å². The fourth-order valence-corrected chi connectivity index (χ4v) is 2.56. The van der Waals surface area contributed by atoms with Crippen LogP contribution in [-0.2, 0) is 4.74 Å². The van der Waals surface area contributed by atoms with Gasteiger partial charge in [0.15, 0.2) is 0 Å². The summed E-state index contributed by atoms with van der Waals surface area (Å²) in [6.45, 7) is 2.14. The van der Waals surface area contributed by atoms with Gasteiger partial charge in [-0.05, 0) is 30.7 Å². The van der Waals surface area contributed by atoms with Gasteiger partial charge in [0.05, 0.1) is 13.7 Å². The van der Waals surface area contributed by atoms with Crippen LogP contribution in [0, 0.1) is 0 Å². The van der Waals surface area contributed by atoms with Crippen LogP contribution in [0.15, 0.2) is 48.5 Å². The second kappa shape index (κ2) is 5.93. The van der Waals surface area contributed by atoms with Crippen LogP contribution in [0.3, 0.4) is 0 Å². The third-order valence-corrected chi connectivity index (χ3v) is 3.56. The number of H-pyrrole nitrogens is 1. The molecule has 0 fully saturated rings. The maximum atomic E-state index is 12.3. The minimum atomic E-state index is -0.343. The van der Waals surface area contributed by atoms with Crippen molar-refractivity contribution in [3.63, 3.8) is 0 Å². The van der Waals surface area contributed by atoms with E-state index < -0.39 is 0 Å². The van der Waals surface area contributed by atoms with E-state index >= 15 is 0 Å². The summed E-state index contributed by atoms with van der Waals surface area (Å²) in [5, 5.41) is 0.996. The highest BCUT2D eigenvalue weighted by molar-refractivity contribution is 6.08. The van der Waals surface area contributed by atoms with Crippen LogP contribution in [0.1, 0.15) is 17.4 Å². The van der Waals surface area contributed by atoms with E-state index in [0.717, 1.165) is 27.8 Å². The lowest BCUT2D eigenvalue weighted by Gasteiger charge is -2.06. The largest absolute Gasteiger partial charge is 0.497 e. The molecule has 0 atom stereocenters. The molecule has 0 aliphatic rings. The van der Waals surface area contributed by atoms with Gasteiger partial charge in [-0.2, -0.15) is 0 Å². The molecule has 3 aromatic rings. The molecule has 1 aromatic heterocycles. The summed E-state index contributed by atoms with van der Waals surface area (Å²) in [6, 6.07) is 15.5. The Bertz CT molecular complexity index is 803. The summed E-state index contributed by atoms with van der Waals surface area (Å²) in [5.41, 5.74) is 3.20. The highest BCUT2D eigenvalue weighted by Gasteiger charge is 2.19. The molecule has 0 unspecified atom stereocenters. The van der Waals surface area contributed by atoms with Crippen molar-refractivity contribution in [1.82, 2.24) is 4.98 Å². The van der Waals surface area contributed by atoms with E-state index in [2.05, 4.69) is 4.98 Å². The second-order valence-electron chi connectivity index (χ2n) is 4.87. The van der Waals surface area contributed by atoms with Crippen molar-refractivity contribution < 1.29 is 14.3 Å². The number of aromatic amines is 1. The molecular formula is C18H17NO3. The Kier molecular flexibility index (Phi) is 3.83. The third kappa shape index (κ3) is 2.44. The summed E-state index contributed by atoms with van der Waals surface area (Å²) in [5.74, 6) is 0.436. The van der Waals surface area contributed by atoms with Crippen molar-refractivity contribution in [3.8, 4) is 16.9 Å². The van der Waals surface area contributed by atoms with Gasteiger partial charge in [-0.1, -0.05) is 30.3 Å². The molecule has 4 heteroatoms. The molecular weight excluding hydrogens is 278 g/mol. The monoisotopic (exact) mass is 295 g/mol. The van der Waals surface area contributed by atoms with Gasteiger partial charge in [-0.25, -0.2) is 4.79 Å². The highest BCUT2D eigenvalue weighted by Crippen LogP contribution is 2.33. The van der Waals surface area contributed by atoms with E-state index in [1.807, 2.05) is 48.5 Å². The molecule has 1 N–H and O–H groups in total. The minimum absolute atomic E-state index is 0.343. The van der Waals surface area contributed by atoms with Crippen molar-refractivity contribution in [1.29, 1.82) is 0 Å². The summed E-state index contributed by atoms with van der Waals surface area (Å²) < 4.78 is 10.4. The number of ether oxygens (including phenoxy) is 2. The number of benzene rings is 2. The van der Waals surface area contributed by atoms with E-state index in [0.29, 0.717) is 12.3 Å². The Balaban J connectivity index is 2.20. The molecule has 0 amide bonds. The lowest BCUT2D eigenvalue weighted by atomic mass is 10.0. The highest BCUT2D eigenvalue weighted by atomic mass is 16.5. The van der Waals surface area contributed by atoms with Crippen LogP contribution in [-0.4, -0.2) is 24.7 Å². The van der Waals surface area contributed by atoms with Crippen molar-refractivity contribution in [2.24, 2.45) is 0 Å². The maximum Gasteiger partial charge on any atom is 0.355 e. The second-order valence-corrected chi connectivity index (χ2v) is 4.87. The fraction of sp³-hybridized carbons (Fsp3) is 0.167. The van der Waals surface area contributed by atoms with Crippen molar-refractivity contribution >= 4 is 16.9 Å². The van der Waals surface area contributed by atoms with E-state index in [-0.39, 0.29) is 5.97 Å². The average molecular weight is 295 g/mol. The van der Waals surface area contributed by atoms with Gasteiger partial charge >= 0.3 is 5.97 Å². The summed E-state index contributed by atoms with van der Waals surface area (Å²) >= 11 is 0. The molecule has 22 heavy (non-hydrogen) atoms. The first-order valence-electron chi connectivity index (χ1n) is 7.17.